The van der Waals surface area contributed by atoms with Gasteiger partial charge in [0.25, 0.3) is 0 Å². The monoisotopic (exact) mass is 237 g/mol. The first-order valence-electron chi connectivity index (χ1n) is 5.53. The molecule has 1 atom stereocenters. The molecule has 0 aliphatic heterocycles. The minimum atomic E-state index is 0.0969. The predicted octanol–water partition coefficient (Wildman–Crippen LogP) is 2.44. The van der Waals surface area contributed by atoms with Gasteiger partial charge in [0.2, 0.25) is 0 Å². The van der Waals surface area contributed by atoms with E-state index in [0.29, 0.717) is 0 Å². The van der Waals surface area contributed by atoms with Gasteiger partial charge in [-0.25, -0.2) is 4.98 Å². The van der Waals surface area contributed by atoms with E-state index >= 15 is 0 Å². The van der Waals surface area contributed by atoms with Crippen LogP contribution in [0.3, 0.4) is 0 Å². The zero-order chi connectivity index (χ0) is 11.7. The van der Waals surface area contributed by atoms with Crippen LogP contribution in [-0.4, -0.2) is 15.4 Å². The Hall–Kier alpha value is -1.06. The Bertz CT molecular complexity index is 502. The van der Waals surface area contributed by atoms with E-state index < -0.39 is 0 Å². The molecule has 1 unspecified atom stereocenters. The number of nitrogens with zero attached hydrogens (tertiary/aromatic N) is 2. The summed E-state index contributed by atoms with van der Waals surface area (Å²) >= 11 is 6.21. The molecule has 16 heavy (non-hydrogen) atoms. The summed E-state index contributed by atoms with van der Waals surface area (Å²) in [6.45, 7) is 4.07. The molecule has 2 aromatic rings. The van der Waals surface area contributed by atoms with Crippen LogP contribution in [0.15, 0.2) is 18.3 Å². The molecule has 2 aromatic heterocycles. The van der Waals surface area contributed by atoms with Crippen molar-refractivity contribution < 1.29 is 0 Å². The van der Waals surface area contributed by atoms with Gasteiger partial charge in [-0.2, -0.15) is 0 Å². The fourth-order valence-corrected chi connectivity index (χ4v) is 2.21. The second-order valence-corrected chi connectivity index (χ2v) is 4.49. The molecule has 0 bridgehead atoms. The highest BCUT2D eigenvalue weighted by Gasteiger charge is 2.13. The number of hydrogen-bond donors (Lipinski definition) is 1. The number of halogens is 1. The third kappa shape index (κ3) is 1.93. The van der Waals surface area contributed by atoms with Crippen molar-refractivity contribution in [3.05, 3.63) is 34.9 Å². The lowest BCUT2D eigenvalue weighted by Gasteiger charge is -2.03. The van der Waals surface area contributed by atoms with Gasteiger partial charge in [-0.1, -0.05) is 18.5 Å². The minimum absolute atomic E-state index is 0.0969. The molecule has 0 spiro atoms. The molecule has 0 aliphatic rings. The molecule has 2 N–H and O–H groups in total. The van der Waals surface area contributed by atoms with Crippen molar-refractivity contribution in [2.24, 2.45) is 5.73 Å². The molecule has 2 heterocycles. The van der Waals surface area contributed by atoms with Crippen molar-refractivity contribution in [1.82, 2.24) is 9.38 Å². The first kappa shape index (κ1) is 11.4. The average molecular weight is 238 g/mol. The highest BCUT2D eigenvalue weighted by Crippen LogP contribution is 2.23. The average Bonchev–Trinajstić information content (AvgIpc) is 2.57. The standard InChI is InChI=1S/C12H16ClN3/c1-3-11-15-10(7-8(2)14)12-9(13)5-4-6-16(11)12/h4-6,8H,3,7,14H2,1-2H3. The molecule has 0 aliphatic carbocycles. The van der Waals surface area contributed by atoms with Crippen LogP contribution in [0.4, 0.5) is 0 Å². The van der Waals surface area contributed by atoms with Gasteiger partial charge >= 0.3 is 0 Å². The lowest BCUT2D eigenvalue weighted by Crippen LogP contribution is -2.18. The molecular weight excluding hydrogens is 222 g/mol. The largest absolute Gasteiger partial charge is 0.328 e. The van der Waals surface area contributed by atoms with E-state index in [1.165, 1.54) is 0 Å². The van der Waals surface area contributed by atoms with Crippen molar-refractivity contribution >= 4 is 17.1 Å². The maximum Gasteiger partial charge on any atom is 0.113 e. The lowest BCUT2D eigenvalue weighted by molar-refractivity contribution is 0.726. The van der Waals surface area contributed by atoms with Crippen molar-refractivity contribution in [1.29, 1.82) is 0 Å². The predicted molar refractivity (Wildman–Crippen MR) is 66.9 cm³/mol. The minimum Gasteiger partial charge on any atom is -0.328 e. The maximum absolute atomic E-state index is 6.21. The van der Waals surface area contributed by atoms with Crippen LogP contribution in [0.5, 0.6) is 0 Å². The quantitative estimate of drug-likeness (QED) is 0.891. The van der Waals surface area contributed by atoms with Gasteiger partial charge in [-0.3, -0.25) is 0 Å². The van der Waals surface area contributed by atoms with E-state index in [0.717, 1.165) is 34.9 Å². The van der Waals surface area contributed by atoms with Crippen molar-refractivity contribution in [3.63, 3.8) is 0 Å². The Kier molecular flexibility index (Phi) is 3.17. The lowest BCUT2D eigenvalue weighted by atomic mass is 10.2. The summed E-state index contributed by atoms with van der Waals surface area (Å²) in [5, 5.41) is 0.741. The number of fused-ring (bicyclic) bond motifs is 1. The summed E-state index contributed by atoms with van der Waals surface area (Å²) in [6.07, 6.45) is 3.64. The Morgan fingerprint density at radius 3 is 2.94 bits per heavy atom. The van der Waals surface area contributed by atoms with E-state index in [1.807, 2.05) is 25.3 Å². The number of rotatable bonds is 3. The smallest absolute Gasteiger partial charge is 0.113 e. The number of aromatic nitrogens is 2. The Morgan fingerprint density at radius 2 is 2.31 bits per heavy atom. The second kappa shape index (κ2) is 4.44. The first-order valence-corrected chi connectivity index (χ1v) is 5.91. The Morgan fingerprint density at radius 1 is 1.56 bits per heavy atom. The number of aryl methyl sites for hydroxylation is 1. The summed E-state index contributed by atoms with van der Waals surface area (Å²) in [5.41, 5.74) is 7.82. The molecule has 0 amide bonds. The van der Waals surface area contributed by atoms with Crippen LogP contribution in [-0.2, 0) is 12.8 Å². The van der Waals surface area contributed by atoms with E-state index in [9.17, 15) is 0 Å². The summed E-state index contributed by atoms with van der Waals surface area (Å²) < 4.78 is 2.06. The number of nitrogens with two attached hydrogens (primary N) is 1. The van der Waals surface area contributed by atoms with Crippen LogP contribution in [0.2, 0.25) is 5.02 Å². The van der Waals surface area contributed by atoms with Gasteiger partial charge in [-0.15, -0.1) is 0 Å². The van der Waals surface area contributed by atoms with Crippen molar-refractivity contribution in [3.8, 4) is 0 Å². The highest BCUT2D eigenvalue weighted by molar-refractivity contribution is 6.34. The molecule has 0 saturated heterocycles. The second-order valence-electron chi connectivity index (χ2n) is 4.08. The maximum atomic E-state index is 6.21. The SMILES string of the molecule is CCc1nc(CC(C)N)c2c(Cl)cccn12. The fraction of sp³-hybridized carbons (Fsp3) is 0.417. The van der Waals surface area contributed by atoms with Crippen LogP contribution >= 0.6 is 11.6 Å². The molecule has 0 saturated carbocycles. The summed E-state index contributed by atoms with van der Waals surface area (Å²) in [6, 6.07) is 3.92. The summed E-state index contributed by atoms with van der Waals surface area (Å²) in [5.74, 6) is 1.04. The molecule has 86 valence electrons. The fourth-order valence-electron chi connectivity index (χ4n) is 1.93. The van der Waals surface area contributed by atoms with Crippen LogP contribution in [0.25, 0.3) is 5.52 Å². The van der Waals surface area contributed by atoms with Gasteiger partial charge in [0.1, 0.15) is 5.82 Å². The molecule has 3 nitrogen and oxygen atoms in total. The zero-order valence-corrected chi connectivity index (χ0v) is 10.3. The van der Waals surface area contributed by atoms with Crippen molar-refractivity contribution in [2.45, 2.75) is 32.7 Å². The van der Waals surface area contributed by atoms with Gasteiger partial charge in [0.05, 0.1) is 16.2 Å². The van der Waals surface area contributed by atoms with Gasteiger partial charge in [-0.05, 0) is 19.1 Å². The number of pyridine rings is 1. The summed E-state index contributed by atoms with van der Waals surface area (Å²) in [4.78, 5) is 4.61. The van der Waals surface area contributed by atoms with Crippen LogP contribution in [0, 0.1) is 0 Å². The third-order valence-corrected chi connectivity index (χ3v) is 2.90. The van der Waals surface area contributed by atoms with E-state index in [2.05, 4.69) is 16.3 Å². The highest BCUT2D eigenvalue weighted by atomic mass is 35.5. The topological polar surface area (TPSA) is 43.3 Å². The first-order chi connectivity index (χ1) is 7.63. The number of hydrogen-bond acceptors (Lipinski definition) is 2. The Labute approximate surface area is 100 Å². The van der Waals surface area contributed by atoms with E-state index in [-0.39, 0.29) is 6.04 Å². The molecule has 2 rings (SSSR count). The molecule has 0 aromatic carbocycles. The van der Waals surface area contributed by atoms with Gasteiger partial charge in [0, 0.05) is 25.1 Å². The van der Waals surface area contributed by atoms with E-state index in [1.54, 1.807) is 0 Å². The third-order valence-electron chi connectivity index (χ3n) is 2.59. The van der Waals surface area contributed by atoms with Crippen LogP contribution < -0.4 is 5.73 Å². The van der Waals surface area contributed by atoms with Gasteiger partial charge in [0.15, 0.2) is 0 Å². The van der Waals surface area contributed by atoms with Gasteiger partial charge < -0.3 is 10.1 Å². The molecular formula is C12H16ClN3. The van der Waals surface area contributed by atoms with Crippen LogP contribution in [0.1, 0.15) is 25.4 Å². The number of imidazole rings is 1. The molecule has 4 heteroatoms. The molecule has 0 fully saturated rings. The normalized spacial score (nSPS) is 13.2. The van der Waals surface area contributed by atoms with E-state index in [4.69, 9.17) is 17.3 Å². The zero-order valence-electron chi connectivity index (χ0n) is 9.57. The Balaban J connectivity index is 2.64. The summed E-state index contributed by atoms with van der Waals surface area (Å²) in [7, 11) is 0. The van der Waals surface area contributed by atoms with Crippen molar-refractivity contribution in [2.75, 3.05) is 0 Å². The molecule has 0 radical (unpaired) electrons.